The fourth-order valence-electron chi connectivity index (χ4n) is 3.93. The zero-order valence-corrected chi connectivity index (χ0v) is 19.8. The largest absolute Gasteiger partial charge is 0.497 e. The van der Waals surface area contributed by atoms with Crippen molar-refractivity contribution in [2.45, 2.75) is 12.5 Å². The molecule has 2 aromatic heterocycles. The van der Waals surface area contributed by atoms with Crippen LogP contribution in [0.2, 0.25) is 0 Å². The van der Waals surface area contributed by atoms with Crippen LogP contribution in [-0.2, 0) is 10.0 Å². The van der Waals surface area contributed by atoms with Crippen LogP contribution in [0.4, 0.5) is 0 Å². The normalized spacial score (nSPS) is 16.1. The average Bonchev–Trinajstić information content (AvgIpc) is 3.58. The van der Waals surface area contributed by atoms with E-state index in [1.54, 1.807) is 23.1 Å². The number of thiophene rings is 1. The summed E-state index contributed by atoms with van der Waals surface area (Å²) in [7, 11) is -1.97. The number of sulfonamides is 1. The minimum absolute atomic E-state index is 0.469. The Morgan fingerprint density at radius 1 is 1.03 bits per heavy atom. The summed E-state index contributed by atoms with van der Waals surface area (Å²) in [6, 6.07) is 20.8. The van der Waals surface area contributed by atoms with Gasteiger partial charge in [-0.1, -0.05) is 24.3 Å². The van der Waals surface area contributed by atoms with Crippen molar-refractivity contribution in [3.8, 4) is 22.7 Å². The minimum Gasteiger partial charge on any atom is -0.497 e. The lowest BCUT2D eigenvalue weighted by Crippen LogP contribution is -2.26. The number of nitrogens with zero attached hydrogens (tertiary/aromatic N) is 4. The van der Waals surface area contributed by atoms with E-state index in [0.29, 0.717) is 12.1 Å². The van der Waals surface area contributed by atoms with Gasteiger partial charge in [0.15, 0.2) is 0 Å². The van der Waals surface area contributed by atoms with Gasteiger partial charge in [-0.3, -0.25) is 0 Å². The summed E-state index contributed by atoms with van der Waals surface area (Å²) < 4.78 is 33.7. The van der Waals surface area contributed by atoms with E-state index in [1.165, 1.54) is 10.7 Å². The first-order valence-corrected chi connectivity index (χ1v) is 13.1. The Morgan fingerprint density at radius 2 is 1.79 bits per heavy atom. The predicted octanol–water partition coefficient (Wildman–Crippen LogP) is 4.72. The average molecular weight is 479 g/mol. The standard InChI is InChI=1S/C24H22N4O3S2/c1-31-19-12-10-17(11-13-19)24-20(16-27(26-24)18-7-4-3-5-8-18)22-15-21(23-9-6-14-32-23)25-28(22)33(2,29)30/h3-14,16,22H,15H2,1-2H3. The highest BCUT2D eigenvalue weighted by molar-refractivity contribution is 7.88. The number of rotatable bonds is 6. The summed E-state index contributed by atoms with van der Waals surface area (Å²) in [6.45, 7) is 0. The molecule has 0 amide bonds. The van der Waals surface area contributed by atoms with Crippen LogP contribution < -0.4 is 4.74 Å². The maximum Gasteiger partial charge on any atom is 0.247 e. The van der Waals surface area contributed by atoms with Gasteiger partial charge < -0.3 is 4.74 Å². The highest BCUT2D eigenvalue weighted by atomic mass is 32.2. The molecule has 1 atom stereocenters. The van der Waals surface area contributed by atoms with Crippen molar-refractivity contribution in [2.24, 2.45) is 5.10 Å². The van der Waals surface area contributed by atoms with Crippen molar-refractivity contribution in [3.63, 3.8) is 0 Å². The Hall–Kier alpha value is -3.43. The van der Waals surface area contributed by atoms with E-state index in [9.17, 15) is 8.42 Å². The monoisotopic (exact) mass is 478 g/mol. The number of benzene rings is 2. The molecule has 0 bridgehead atoms. The molecule has 2 aromatic carbocycles. The van der Waals surface area contributed by atoms with Gasteiger partial charge in [0.05, 0.1) is 41.4 Å². The zero-order chi connectivity index (χ0) is 23.0. The summed E-state index contributed by atoms with van der Waals surface area (Å²) in [5.41, 5.74) is 4.03. The third kappa shape index (κ3) is 4.17. The Morgan fingerprint density at radius 3 is 2.42 bits per heavy atom. The van der Waals surface area contributed by atoms with Gasteiger partial charge in [0.1, 0.15) is 5.75 Å². The molecule has 0 spiro atoms. The lowest BCUT2D eigenvalue weighted by Gasteiger charge is -2.21. The van der Waals surface area contributed by atoms with Gasteiger partial charge in [-0.15, -0.1) is 11.3 Å². The lowest BCUT2D eigenvalue weighted by molar-refractivity contribution is 0.375. The van der Waals surface area contributed by atoms with E-state index in [4.69, 9.17) is 9.84 Å². The van der Waals surface area contributed by atoms with Gasteiger partial charge >= 0.3 is 0 Å². The molecule has 1 unspecified atom stereocenters. The van der Waals surface area contributed by atoms with Crippen molar-refractivity contribution in [3.05, 3.63) is 88.7 Å². The number of hydrogen-bond donors (Lipinski definition) is 0. The molecule has 0 N–H and O–H groups in total. The second-order valence-electron chi connectivity index (χ2n) is 7.72. The number of hydrazone groups is 1. The van der Waals surface area contributed by atoms with E-state index in [-0.39, 0.29) is 0 Å². The molecule has 33 heavy (non-hydrogen) atoms. The molecule has 1 aliphatic rings. The molecule has 168 valence electrons. The van der Waals surface area contributed by atoms with Gasteiger partial charge in [-0.2, -0.15) is 14.6 Å². The molecule has 4 aromatic rings. The SMILES string of the molecule is COc1ccc(-c2nn(-c3ccccc3)cc2C2CC(c3cccs3)=NN2S(C)(=O)=O)cc1. The van der Waals surface area contributed by atoms with Crippen LogP contribution in [0.15, 0.2) is 83.4 Å². The summed E-state index contributed by atoms with van der Waals surface area (Å²) in [5.74, 6) is 0.740. The van der Waals surface area contributed by atoms with Crippen molar-refractivity contribution < 1.29 is 13.2 Å². The fourth-order valence-corrected chi connectivity index (χ4v) is 5.55. The molecule has 0 aliphatic carbocycles. The maximum atomic E-state index is 12.7. The molecular formula is C24H22N4O3S2. The summed E-state index contributed by atoms with van der Waals surface area (Å²) >= 11 is 1.55. The van der Waals surface area contributed by atoms with Crippen LogP contribution in [0.1, 0.15) is 22.9 Å². The molecule has 0 saturated heterocycles. The highest BCUT2D eigenvalue weighted by Gasteiger charge is 2.37. The topological polar surface area (TPSA) is 76.8 Å². The van der Waals surface area contributed by atoms with Crippen LogP contribution in [0, 0.1) is 0 Å². The molecule has 3 heterocycles. The van der Waals surface area contributed by atoms with Crippen LogP contribution in [0.3, 0.4) is 0 Å². The zero-order valence-electron chi connectivity index (χ0n) is 18.1. The van der Waals surface area contributed by atoms with Crippen molar-refractivity contribution in [1.29, 1.82) is 0 Å². The first-order chi connectivity index (χ1) is 15.9. The Bertz CT molecular complexity index is 1390. The van der Waals surface area contributed by atoms with E-state index in [1.807, 2.05) is 78.3 Å². The number of para-hydroxylation sites is 1. The number of methoxy groups -OCH3 is 1. The molecule has 5 rings (SSSR count). The minimum atomic E-state index is -3.60. The molecule has 1 aliphatic heterocycles. The van der Waals surface area contributed by atoms with Crippen molar-refractivity contribution in [2.75, 3.05) is 13.4 Å². The third-order valence-corrected chi connectivity index (χ3v) is 7.44. The first kappa shape index (κ1) is 21.4. The van der Waals surface area contributed by atoms with E-state index >= 15 is 0 Å². The number of aromatic nitrogens is 2. The van der Waals surface area contributed by atoms with Gasteiger partial charge in [0, 0.05) is 23.7 Å². The number of ether oxygens (including phenoxy) is 1. The molecule has 0 radical (unpaired) electrons. The second-order valence-corrected chi connectivity index (χ2v) is 10.5. The fraction of sp³-hybridized carbons (Fsp3) is 0.167. The van der Waals surface area contributed by atoms with E-state index in [0.717, 1.165) is 33.2 Å². The summed E-state index contributed by atoms with van der Waals surface area (Å²) in [6.07, 6.45) is 3.57. The highest BCUT2D eigenvalue weighted by Crippen LogP contribution is 2.40. The smallest absolute Gasteiger partial charge is 0.247 e. The van der Waals surface area contributed by atoms with E-state index < -0.39 is 16.1 Å². The quantitative estimate of drug-likeness (QED) is 0.402. The van der Waals surface area contributed by atoms with Crippen LogP contribution >= 0.6 is 11.3 Å². The Balaban J connectivity index is 1.64. The van der Waals surface area contributed by atoms with E-state index in [2.05, 4.69) is 5.10 Å². The molecule has 0 fully saturated rings. The van der Waals surface area contributed by atoms with Gasteiger partial charge in [0.2, 0.25) is 10.0 Å². The second kappa shape index (κ2) is 8.49. The lowest BCUT2D eigenvalue weighted by atomic mass is 9.99. The van der Waals surface area contributed by atoms with Crippen molar-refractivity contribution in [1.82, 2.24) is 14.2 Å². The van der Waals surface area contributed by atoms with Gasteiger partial charge in [0.25, 0.3) is 0 Å². The summed E-state index contributed by atoms with van der Waals surface area (Å²) in [5, 5.41) is 11.3. The first-order valence-electron chi connectivity index (χ1n) is 10.3. The Labute approximate surface area is 196 Å². The summed E-state index contributed by atoms with van der Waals surface area (Å²) in [4.78, 5) is 0.965. The van der Waals surface area contributed by atoms with Gasteiger partial charge in [-0.05, 0) is 47.8 Å². The molecular weight excluding hydrogens is 456 g/mol. The van der Waals surface area contributed by atoms with Crippen LogP contribution in [-0.4, -0.2) is 41.7 Å². The van der Waals surface area contributed by atoms with Crippen molar-refractivity contribution >= 4 is 27.1 Å². The number of hydrogen-bond acceptors (Lipinski definition) is 6. The Kier molecular flexibility index (Phi) is 5.51. The maximum absolute atomic E-state index is 12.7. The van der Waals surface area contributed by atoms with Crippen LogP contribution in [0.5, 0.6) is 5.75 Å². The van der Waals surface area contributed by atoms with Gasteiger partial charge in [-0.25, -0.2) is 13.1 Å². The predicted molar refractivity (Wildman–Crippen MR) is 130 cm³/mol. The third-order valence-electron chi connectivity index (χ3n) is 5.50. The molecule has 9 heteroatoms. The molecule has 7 nitrogen and oxygen atoms in total. The molecule has 0 saturated carbocycles. The van der Waals surface area contributed by atoms with Crippen LogP contribution in [0.25, 0.3) is 16.9 Å².